The van der Waals surface area contributed by atoms with Crippen LogP contribution in [0.1, 0.15) is 45.2 Å². The van der Waals surface area contributed by atoms with Crippen LogP contribution in [0.2, 0.25) is 0 Å². The number of carbonyl (C=O) groups excluding carboxylic acids is 2. The van der Waals surface area contributed by atoms with Crippen molar-refractivity contribution in [1.29, 1.82) is 0 Å². The molecule has 2 rings (SSSR count). The van der Waals surface area contributed by atoms with E-state index >= 15 is 0 Å². The fourth-order valence-electron chi connectivity index (χ4n) is 5.07. The highest BCUT2D eigenvalue weighted by Gasteiger charge is 2.59. The van der Waals surface area contributed by atoms with Crippen LogP contribution in [-0.2, 0) is 32.0 Å². The van der Waals surface area contributed by atoms with Crippen LogP contribution in [0.3, 0.4) is 0 Å². The lowest BCUT2D eigenvalue weighted by atomic mass is 9.64. The average Bonchev–Trinajstić information content (AvgIpc) is 2.85. The number of esters is 1. The average molecular weight is 527 g/mol. The summed E-state index contributed by atoms with van der Waals surface area (Å²) in [6.45, 7) is 6.67. The van der Waals surface area contributed by atoms with Gasteiger partial charge in [0.05, 0.1) is 18.1 Å². The number of rotatable bonds is 14. The number of ketones is 1. The molecule has 0 aliphatic carbocycles. The first-order valence-electron chi connectivity index (χ1n) is 13.0. The standard InChI is InChI=1S/C30H42N2O6/c1-20(33)19-30(28(36)37,38-27(35)24(32-6)18-22-15-11-8-12-16-22)26(29(2,3)4)25(34)23(31-5)17-21-13-9-7-10-14-21/h7-16,20,23-24,26,31-33H,17-19H2,1-6H3,(H,36,37)/t20?,23-,24+,26?,30?/m1/s1. The summed E-state index contributed by atoms with van der Waals surface area (Å²) in [5, 5.41) is 27.0. The number of benzene rings is 2. The number of aliphatic carboxylic acids is 1. The predicted molar refractivity (Wildman–Crippen MR) is 147 cm³/mol. The third-order valence-corrected chi connectivity index (χ3v) is 6.75. The molecule has 0 saturated heterocycles. The molecule has 8 nitrogen and oxygen atoms in total. The number of ether oxygens (including phenoxy) is 1. The Morgan fingerprint density at radius 1 is 0.842 bits per heavy atom. The number of hydrogen-bond acceptors (Lipinski definition) is 7. The molecule has 0 radical (unpaired) electrons. The van der Waals surface area contributed by atoms with Gasteiger partial charge in [-0.3, -0.25) is 9.59 Å². The zero-order chi connectivity index (χ0) is 28.5. The van der Waals surface area contributed by atoms with Crippen molar-refractivity contribution in [2.24, 2.45) is 11.3 Å². The second-order valence-corrected chi connectivity index (χ2v) is 10.9. The SMILES string of the molecule is CN[C@@H](Cc1ccccc1)C(=O)OC(CC(C)O)(C(=O)O)C(C(=O)[C@@H](Cc1ccccc1)NC)C(C)(C)C. The van der Waals surface area contributed by atoms with E-state index in [2.05, 4.69) is 10.6 Å². The van der Waals surface area contributed by atoms with Gasteiger partial charge in [-0.1, -0.05) is 81.4 Å². The molecule has 2 aromatic rings. The van der Waals surface area contributed by atoms with E-state index in [9.17, 15) is 24.6 Å². The van der Waals surface area contributed by atoms with Gasteiger partial charge in [0.2, 0.25) is 5.60 Å². The number of aliphatic hydroxyl groups is 1. The third-order valence-electron chi connectivity index (χ3n) is 6.75. The van der Waals surface area contributed by atoms with E-state index in [-0.39, 0.29) is 6.42 Å². The summed E-state index contributed by atoms with van der Waals surface area (Å²) < 4.78 is 5.88. The van der Waals surface area contributed by atoms with E-state index in [1.807, 2.05) is 60.7 Å². The molecule has 0 fully saturated rings. The molecule has 4 N–H and O–H groups in total. The van der Waals surface area contributed by atoms with Crippen molar-refractivity contribution in [3.63, 3.8) is 0 Å². The summed E-state index contributed by atoms with van der Waals surface area (Å²) in [6.07, 6.45) is -0.998. The number of carboxylic acids is 1. The molecule has 5 atom stereocenters. The van der Waals surface area contributed by atoms with Gasteiger partial charge < -0.3 is 25.6 Å². The zero-order valence-electron chi connectivity index (χ0n) is 23.2. The Morgan fingerprint density at radius 2 is 1.29 bits per heavy atom. The number of likely N-dealkylation sites (N-methyl/N-ethyl adjacent to an activating group) is 2. The Hall–Kier alpha value is -3.07. The molecule has 0 heterocycles. The molecule has 3 unspecified atom stereocenters. The van der Waals surface area contributed by atoms with Gasteiger partial charge in [0.1, 0.15) is 6.04 Å². The highest BCUT2D eigenvalue weighted by molar-refractivity contribution is 5.95. The van der Waals surface area contributed by atoms with Crippen LogP contribution >= 0.6 is 0 Å². The minimum atomic E-state index is -2.29. The molecule has 0 aliphatic heterocycles. The molecule has 2 aromatic carbocycles. The maximum absolute atomic E-state index is 14.2. The summed E-state index contributed by atoms with van der Waals surface area (Å²) >= 11 is 0. The topological polar surface area (TPSA) is 125 Å². The van der Waals surface area contributed by atoms with Gasteiger partial charge in [0.15, 0.2) is 5.78 Å². The Morgan fingerprint density at radius 3 is 1.66 bits per heavy atom. The predicted octanol–water partition coefficient (Wildman–Crippen LogP) is 3.02. The number of carboxylic acid groups (broad SMARTS) is 1. The van der Waals surface area contributed by atoms with Crippen molar-refractivity contribution < 1.29 is 29.3 Å². The largest absolute Gasteiger partial charge is 0.478 e. The Labute approximate surface area is 225 Å². The van der Waals surface area contributed by atoms with Crippen molar-refractivity contribution in [1.82, 2.24) is 10.6 Å². The monoisotopic (exact) mass is 526 g/mol. The maximum atomic E-state index is 14.2. The summed E-state index contributed by atoms with van der Waals surface area (Å²) in [4.78, 5) is 40.7. The van der Waals surface area contributed by atoms with Crippen molar-refractivity contribution >= 4 is 17.7 Å². The van der Waals surface area contributed by atoms with Gasteiger partial charge in [-0.05, 0) is 50.4 Å². The smallest absolute Gasteiger partial charge is 0.349 e. The maximum Gasteiger partial charge on any atom is 0.349 e. The van der Waals surface area contributed by atoms with Crippen molar-refractivity contribution in [3.8, 4) is 0 Å². The second-order valence-electron chi connectivity index (χ2n) is 10.9. The van der Waals surface area contributed by atoms with Crippen molar-refractivity contribution in [2.45, 2.75) is 70.7 Å². The van der Waals surface area contributed by atoms with E-state index < -0.39 is 59.3 Å². The minimum Gasteiger partial charge on any atom is -0.478 e. The van der Waals surface area contributed by atoms with Crippen molar-refractivity contribution in [3.05, 3.63) is 71.8 Å². The van der Waals surface area contributed by atoms with Gasteiger partial charge >= 0.3 is 11.9 Å². The van der Waals surface area contributed by atoms with E-state index in [1.165, 1.54) is 6.92 Å². The zero-order valence-corrected chi connectivity index (χ0v) is 23.2. The molecular formula is C30H42N2O6. The fraction of sp³-hybridized carbons (Fsp3) is 0.500. The highest BCUT2D eigenvalue weighted by atomic mass is 16.6. The van der Waals surface area contributed by atoms with Gasteiger partial charge in [-0.25, -0.2) is 4.79 Å². The number of nitrogens with one attached hydrogen (secondary N) is 2. The van der Waals surface area contributed by atoms with Crippen LogP contribution in [0.15, 0.2) is 60.7 Å². The molecule has 0 bridgehead atoms. The van der Waals surface area contributed by atoms with Crippen molar-refractivity contribution in [2.75, 3.05) is 14.1 Å². The first-order valence-corrected chi connectivity index (χ1v) is 13.0. The molecule has 8 heteroatoms. The first-order chi connectivity index (χ1) is 17.9. The Bertz CT molecular complexity index is 1050. The van der Waals surface area contributed by atoms with Crippen LogP contribution < -0.4 is 10.6 Å². The summed E-state index contributed by atoms with van der Waals surface area (Å²) in [5.41, 5.74) is -1.45. The molecule has 208 valence electrons. The third kappa shape index (κ3) is 7.96. The first kappa shape index (κ1) is 31.1. The number of Topliss-reactive ketones (excluding diaryl/α,β-unsaturated/α-hetero) is 1. The van der Waals surface area contributed by atoms with Crippen LogP contribution in [0.4, 0.5) is 0 Å². The lowest BCUT2D eigenvalue weighted by molar-refractivity contribution is -0.199. The fourth-order valence-corrected chi connectivity index (χ4v) is 5.07. The van der Waals surface area contributed by atoms with Crippen LogP contribution in [0.25, 0.3) is 0 Å². The Balaban J connectivity index is 2.54. The molecule has 0 aliphatic rings. The lowest BCUT2D eigenvalue weighted by Crippen LogP contribution is -2.62. The van der Waals surface area contributed by atoms with Gasteiger partial charge in [0.25, 0.3) is 0 Å². The quantitative estimate of drug-likeness (QED) is 0.277. The normalized spacial score (nSPS) is 16.5. The van der Waals surface area contributed by atoms with E-state index in [1.54, 1.807) is 34.9 Å². The Kier molecular flexibility index (Phi) is 11.2. The molecule has 38 heavy (non-hydrogen) atoms. The van der Waals surface area contributed by atoms with E-state index in [0.29, 0.717) is 6.42 Å². The second kappa shape index (κ2) is 13.6. The van der Waals surface area contributed by atoms with Crippen LogP contribution in [0.5, 0.6) is 0 Å². The molecular weight excluding hydrogens is 484 g/mol. The molecule has 0 saturated carbocycles. The minimum absolute atomic E-state index is 0.266. The number of carbonyl (C=O) groups is 3. The van der Waals surface area contributed by atoms with E-state index in [4.69, 9.17) is 4.74 Å². The van der Waals surface area contributed by atoms with Crippen LogP contribution in [0, 0.1) is 11.3 Å². The highest BCUT2D eigenvalue weighted by Crippen LogP contribution is 2.42. The van der Waals surface area contributed by atoms with Crippen LogP contribution in [-0.4, -0.2) is 65.8 Å². The van der Waals surface area contributed by atoms with Gasteiger partial charge in [-0.15, -0.1) is 0 Å². The van der Waals surface area contributed by atoms with E-state index in [0.717, 1.165) is 11.1 Å². The molecule has 0 spiro atoms. The van der Waals surface area contributed by atoms with Gasteiger partial charge in [-0.2, -0.15) is 0 Å². The van der Waals surface area contributed by atoms with Gasteiger partial charge in [0, 0.05) is 6.42 Å². The summed E-state index contributed by atoms with van der Waals surface area (Å²) in [5.74, 6) is -3.93. The molecule has 0 aromatic heterocycles. The number of hydrogen-bond donors (Lipinski definition) is 4. The summed E-state index contributed by atoms with van der Waals surface area (Å²) in [7, 11) is 3.24. The molecule has 0 amide bonds. The summed E-state index contributed by atoms with van der Waals surface area (Å²) in [6, 6.07) is 17.1. The number of aliphatic hydroxyl groups excluding tert-OH is 1. The lowest BCUT2D eigenvalue weighted by Gasteiger charge is -2.44.